The molecule has 0 aliphatic heterocycles. The van der Waals surface area contributed by atoms with E-state index in [1.165, 1.54) is 60.7 Å². The molecule has 0 aromatic heterocycles. The summed E-state index contributed by atoms with van der Waals surface area (Å²) in [7, 11) is 0. The minimum Gasteiger partial charge on any atom is -0.322 e. The molecular formula is C20H14N4O6. The van der Waals surface area contributed by atoms with Gasteiger partial charge in [-0.3, -0.25) is 29.8 Å². The Balaban J connectivity index is 1.71. The lowest BCUT2D eigenvalue weighted by Crippen LogP contribution is -2.14. The zero-order valence-electron chi connectivity index (χ0n) is 15.3. The van der Waals surface area contributed by atoms with Crippen molar-refractivity contribution in [2.24, 2.45) is 0 Å². The fourth-order valence-corrected chi connectivity index (χ4v) is 2.58. The lowest BCUT2D eigenvalue weighted by Gasteiger charge is -2.08. The molecule has 10 heteroatoms. The number of non-ortho nitro benzene ring substituents is 2. The summed E-state index contributed by atoms with van der Waals surface area (Å²) in [5.74, 6) is -1.01. The van der Waals surface area contributed by atoms with Crippen LogP contribution in [0.4, 0.5) is 22.7 Å². The van der Waals surface area contributed by atoms with Crippen LogP contribution in [0.15, 0.2) is 72.8 Å². The number of hydrogen-bond donors (Lipinski definition) is 2. The Hall–Kier alpha value is -4.60. The number of nitrogens with one attached hydrogen (secondary N) is 2. The molecule has 150 valence electrons. The zero-order chi connectivity index (χ0) is 21.7. The molecule has 2 amide bonds. The summed E-state index contributed by atoms with van der Waals surface area (Å²) in [6, 6.07) is 16.7. The molecule has 0 spiro atoms. The smallest absolute Gasteiger partial charge is 0.271 e. The largest absolute Gasteiger partial charge is 0.322 e. The van der Waals surface area contributed by atoms with Gasteiger partial charge in [-0.05, 0) is 36.4 Å². The Kier molecular flexibility index (Phi) is 5.78. The lowest BCUT2D eigenvalue weighted by atomic mass is 10.1. The van der Waals surface area contributed by atoms with Crippen molar-refractivity contribution in [3.05, 3.63) is 104 Å². The van der Waals surface area contributed by atoms with Crippen LogP contribution in [0.2, 0.25) is 0 Å². The summed E-state index contributed by atoms with van der Waals surface area (Å²) in [5.41, 5.74) is 0.748. The van der Waals surface area contributed by atoms with Crippen LogP contribution in [0.25, 0.3) is 0 Å². The third-order valence-electron chi connectivity index (χ3n) is 4.04. The summed E-state index contributed by atoms with van der Waals surface area (Å²) in [6.07, 6.45) is 0. The molecule has 0 saturated carbocycles. The number of carbonyl (C=O) groups excluding carboxylic acids is 2. The number of nitro groups is 2. The minimum absolute atomic E-state index is 0.133. The second-order valence-corrected chi connectivity index (χ2v) is 6.10. The van der Waals surface area contributed by atoms with Gasteiger partial charge in [0.2, 0.25) is 0 Å². The van der Waals surface area contributed by atoms with Crippen molar-refractivity contribution in [2.75, 3.05) is 10.6 Å². The molecule has 0 saturated heterocycles. The van der Waals surface area contributed by atoms with Crippen LogP contribution in [-0.4, -0.2) is 21.7 Å². The molecule has 0 atom stereocenters. The van der Waals surface area contributed by atoms with Crippen LogP contribution in [-0.2, 0) is 0 Å². The summed E-state index contributed by atoms with van der Waals surface area (Å²) < 4.78 is 0. The van der Waals surface area contributed by atoms with E-state index in [9.17, 15) is 29.8 Å². The van der Waals surface area contributed by atoms with Crippen molar-refractivity contribution < 1.29 is 19.4 Å². The Morgan fingerprint density at radius 2 is 1.17 bits per heavy atom. The molecule has 0 aliphatic rings. The number of nitrogens with zero attached hydrogens (tertiary/aromatic N) is 2. The van der Waals surface area contributed by atoms with Crippen LogP contribution in [0.1, 0.15) is 20.7 Å². The molecule has 3 aromatic carbocycles. The third kappa shape index (κ3) is 4.81. The zero-order valence-corrected chi connectivity index (χ0v) is 15.3. The third-order valence-corrected chi connectivity index (χ3v) is 4.04. The van der Waals surface area contributed by atoms with E-state index >= 15 is 0 Å². The van der Waals surface area contributed by atoms with Crippen molar-refractivity contribution in [1.82, 2.24) is 0 Å². The molecule has 0 heterocycles. The van der Waals surface area contributed by atoms with Gasteiger partial charge in [0.25, 0.3) is 23.2 Å². The highest BCUT2D eigenvalue weighted by atomic mass is 16.6. The number of carbonyl (C=O) groups is 2. The monoisotopic (exact) mass is 406 g/mol. The second kappa shape index (κ2) is 8.61. The summed E-state index contributed by atoms with van der Waals surface area (Å²) in [4.78, 5) is 45.2. The van der Waals surface area contributed by atoms with Gasteiger partial charge >= 0.3 is 0 Å². The van der Waals surface area contributed by atoms with Crippen molar-refractivity contribution >= 4 is 34.6 Å². The van der Waals surface area contributed by atoms with Gasteiger partial charge in [0.15, 0.2) is 0 Å². The number of nitro benzene ring substituents is 2. The summed E-state index contributed by atoms with van der Waals surface area (Å²) >= 11 is 0. The molecule has 2 N–H and O–H groups in total. The first kappa shape index (κ1) is 20.1. The maximum absolute atomic E-state index is 12.4. The van der Waals surface area contributed by atoms with Gasteiger partial charge in [-0.25, -0.2) is 0 Å². The van der Waals surface area contributed by atoms with Gasteiger partial charge in [-0.2, -0.15) is 0 Å². The fraction of sp³-hybridized carbons (Fsp3) is 0. The summed E-state index contributed by atoms with van der Waals surface area (Å²) in [6.45, 7) is 0. The molecule has 3 aromatic rings. The normalized spacial score (nSPS) is 10.1. The Labute approximate surface area is 169 Å². The van der Waals surface area contributed by atoms with E-state index in [2.05, 4.69) is 10.6 Å². The first-order chi connectivity index (χ1) is 14.3. The standard InChI is InChI=1S/C20H14N4O6/c25-19(13-7-9-17(10-8-13)23(27)28)21-15-4-1-3-14(11-15)20(26)22-16-5-2-6-18(12-16)24(29)30/h1-12H,(H,21,25)(H,22,26). The number of amides is 2. The van der Waals surface area contributed by atoms with Gasteiger partial charge in [-0.1, -0.05) is 12.1 Å². The highest BCUT2D eigenvalue weighted by Crippen LogP contribution is 2.19. The van der Waals surface area contributed by atoms with E-state index in [1.807, 2.05) is 0 Å². The number of benzene rings is 3. The van der Waals surface area contributed by atoms with E-state index in [0.29, 0.717) is 5.69 Å². The second-order valence-electron chi connectivity index (χ2n) is 6.10. The molecule has 10 nitrogen and oxygen atoms in total. The molecular weight excluding hydrogens is 392 g/mol. The van der Waals surface area contributed by atoms with Gasteiger partial charge in [0, 0.05) is 46.8 Å². The van der Waals surface area contributed by atoms with Crippen LogP contribution in [0, 0.1) is 20.2 Å². The van der Waals surface area contributed by atoms with Crippen LogP contribution in [0.5, 0.6) is 0 Å². The van der Waals surface area contributed by atoms with Gasteiger partial charge in [-0.15, -0.1) is 0 Å². The average molecular weight is 406 g/mol. The van der Waals surface area contributed by atoms with Gasteiger partial charge in [0.1, 0.15) is 0 Å². The van der Waals surface area contributed by atoms with E-state index in [1.54, 1.807) is 12.1 Å². The first-order valence-corrected chi connectivity index (χ1v) is 8.55. The van der Waals surface area contributed by atoms with Gasteiger partial charge < -0.3 is 10.6 Å². The Morgan fingerprint density at radius 3 is 1.77 bits per heavy atom. The summed E-state index contributed by atoms with van der Waals surface area (Å²) in [5, 5.41) is 26.7. The molecule has 0 unspecified atom stereocenters. The molecule has 0 aliphatic carbocycles. The average Bonchev–Trinajstić information content (AvgIpc) is 2.74. The van der Waals surface area contributed by atoms with Crippen molar-refractivity contribution in [3.8, 4) is 0 Å². The van der Waals surface area contributed by atoms with Gasteiger partial charge in [0.05, 0.1) is 9.85 Å². The fourth-order valence-electron chi connectivity index (χ4n) is 2.58. The molecule has 0 fully saturated rings. The Morgan fingerprint density at radius 1 is 0.633 bits per heavy atom. The van der Waals surface area contributed by atoms with E-state index in [-0.39, 0.29) is 28.2 Å². The topological polar surface area (TPSA) is 144 Å². The van der Waals surface area contributed by atoms with Crippen LogP contribution < -0.4 is 10.6 Å². The SMILES string of the molecule is O=C(Nc1cccc(C(=O)Nc2cccc([N+](=O)[O-])c2)c1)c1ccc([N+](=O)[O-])cc1. The molecule has 0 bridgehead atoms. The maximum atomic E-state index is 12.4. The Bertz CT molecular complexity index is 1140. The predicted octanol–water partition coefficient (Wildman–Crippen LogP) is 4.01. The number of hydrogen-bond acceptors (Lipinski definition) is 6. The number of rotatable bonds is 6. The van der Waals surface area contributed by atoms with Crippen LogP contribution in [0.3, 0.4) is 0 Å². The van der Waals surface area contributed by atoms with E-state index < -0.39 is 21.7 Å². The van der Waals surface area contributed by atoms with Crippen molar-refractivity contribution in [2.45, 2.75) is 0 Å². The van der Waals surface area contributed by atoms with Crippen LogP contribution >= 0.6 is 0 Å². The first-order valence-electron chi connectivity index (χ1n) is 8.55. The van der Waals surface area contributed by atoms with E-state index in [4.69, 9.17) is 0 Å². The molecule has 30 heavy (non-hydrogen) atoms. The maximum Gasteiger partial charge on any atom is 0.271 e. The van der Waals surface area contributed by atoms with E-state index in [0.717, 1.165) is 0 Å². The lowest BCUT2D eigenvalue weighted by molar-refractivity contribution is -0.385. The predicted molar refractivity (Wildman–Crippen MR) is 109 cm³/mol. The van der Waals surface area contributed by atoms with Crippen molar-refractivity contribution in [1.29, 1.82) is 0 Å². The quantitative estimate of drug-likeness (QED) is 0.467. The highest BCUT2D eigenvalue weighted by Gasteiger charge is 2.13. The molecule has 0 radical (unpaired) electrons. The molecule has 3 rings (SSSR count). The number of anilines is 2. The highest BCUT2D eigenvalue weighted by molar-refractivity contribution is 6.07. The van der Waals surface area contributed by atoms with Crippen molar-refractivity contribution in [3.63, 3.8) is 0 Å². The minimum atomic E-state index is -0.565.